The van der Waals surface area contributed by atoms with E-state index in [0.29, 0.717) is 11.2 Å². The van der Waals surface area contributed by atoms with E-state index in [2.05, 4.69) is 19.9 Å². The number of fused-ring (bicyclic) bond motifs is 1. The first-order valence-electron chi connectivity index (χ1n) is 3.51. The van der Waals surface area contributed by atoms with Crippen molar-refractivity contribution < 1.29 is 5.03 Å². The molecule has 0 radical (unpaired) electrons. The van der Waals surface area contributed by atoms with E-state index < -0.39 is 5.03 Å². The molecule has 2 aromatic rings. The van der Waals surface area contributed by atoms with Crippen LogP contribution in [-0.4, -0.2) is 25.0 Å². The Morgan fingerprint density at radius 1 is 1.64 bits per heavy atom. The summed E-state index contributed by atoms with van der Waals surface area (Å²) in [5, 5.41) is 9.40. The number of hydrogen-bond donors (Lipinski definition) is 3. The fourth-order valence-electron chi connectivity index (χ4n) is 0.989. The van der Waals surface area contributed by atoms with Crippen LogP contribution in [0.3, 0.4) is 0 Å². The Balaban J connectivity index is 2.58. The van der Waals surface area contributed by atoms with E-state index in [9.17, 15) is 10.1 Å². The summed E-state index contributed by atoms with van der Waals surface area (Å²) in [5.41, 5.74) is 2.84. The molecule has 2 rings (SSSR count). The zero-order valence-corrected chi connectivity index (χ0v) is 7.46. The highest BCUT2D eigenvalue weighted by Gasteiger charge is 2.05. The van der Waals surface area contributed by atoms with Gasteiger partial charge in [0, 0.05) is 0 Å². The van der Waals surface area contributed by atoms with Gasteiger partial charge in [0.05, 0.1) is 6.33 Å². The molecule has 72 valence electrons. The molecule has 3 N–H and O–H groups in total. The molecule has 0 saturated carbocycles. The number of aromatic amines is 2. The normalized spacial score (nSPS) is 10.3. The fourth-order valence-corrected chi connectivity index (χ4v) is 1.24. The monoisotopic (exact) mass is 212 g/mol. The van der Waals surface area contributed by atoms with E-state index in [1.54, 1.807) is 0 Å². The van der Waals surface area contributed by atoms with Gasteiger partial charge in [-0.3, -0.25) is 0 Å². The third-order valence-corrected chi connectivity index (χ3v) is 1.80. The molecule has 0 bridgehead atoms. The number of nitro groups is 1. The summed E-state index contributed by atoms with van der Waals surface area (Å²) in [6.45, 7) is 0. The highest BCUT2D eigenvalue weighted by atomic mass is 32.1. The van der Waals surface area contributed by atoms with Crippen LogP contribution in [0.1, 0.15) is 0 Å². The standard InChI is InChI=1S/C5H4N6O2S/c12-11(13)10-5-8-3-2(4(14)9-5)6-1-7-3/h1H,(H3,6,7,8,9,10,14). The Labute approximate surface area is 81.5 Å². The van der Waals surface area contributed by atoms with Crippen LogP contribution in [0.4, 0.5) is 5.95 Å². The fraction of sp³-hybridized carbons (Fsp3) is 0. The molecule has 0 atom stereocenters. The number of nitrogens with one attached hydrogen (secondary N) is 3. The molecule has 0 spiro atoms. The molecule has 0 aromatic carbocycles. The first-order chi connectivity index (χ1) is 6.66. The molecule has 2 aromatic heterocycles. The molecule has 9 heteroatoms. The summed E-state index contributed by atoms with van der Waals surface area (Å²) < 4.78 is 0.223. The quantitative estimate of drug-likeness (QED) is 0.382. The van der Waals surface area contributed by atoms with Crippen LogP contribution in [0.5, 0.6) is 0 Å². The molecule has 0 aliphatic carbocycles. The summed E-state index contributed by atoms with van der Waals surface area (Å²) >= 11 is 4.88. The SMILES string of the molecule is O=[N+]([O-])Nc1nc(=S)c2[nH]cnc2[nH]1. The highest BCUT2D eigenvalue weighted by Crippen LogP contribution is 2.09. The summed E-state index contributed by atoms with van der Waals surface area (Å²) in [6, 6.07) is 0. The maximum Gasteiger partial charge on any atom is 0.265 e. The van der Waals surface area contributed by atoms with Gasteiger partial charge in [-0.25, -0.2) is 15.1 Å². The molecule has 0 aliphatic rings. The second kappa shape index (κ2) is 3.03. The van der Waals surface area contributed by atoms with Gasteiger partial charge in [-0.15, -0.1) is 0 Å². The first-order valence-corrected chi connectivity index (χ1v) is 3.92. The van der Waals surface area contributed by atoms with E-state index in [1.165, 1.54) is 6.33 Å². The molecule has 0 saturated heterocycles. The van der Waals surface area contributed by atoms with Crippen molar-refractivity contribution >= 4 is 29.3 Å². The average Bonchev–Trinajstić information content (AvgIpc) is 2.50. The summed E-state index contributed by atoms with van der Waals surface area (Å²) in [7, 11) is 0. The molecule has 0 aliphatic heterocycles. The Hall–Kier alpha value is -2.03. The molecular weight excluding hydrogens is 208 g/mol. The first kappa shape index (κ1) is 8.56. The van der Waals surface area contributed by atoms with Crippen molar-refractivity contribution in [3.63, 3.8) is 0 Å². The lowest BCUT2D eigenvalue weighted by atomic mass is 10.6. The topological polar surface area (TPSA) is 113 Å². The number of hydrazine groups is 1. The van der Waals surface area contributed by atoms with Crippen LogP contribution in [0.2, 0.25) is 0 Å². The number of rotatable bonds is 2. The molecule has 0 fully saturated rings. The zero-order valence-electron chi connectivity index (χ0n) is 6.64. The molecule has 14 heavy (non-hydrogen) atoms. The van der Waals surface area contributed by atoms with Crippen molar-refractivity contribution in [2.24, 2.45) is 0 Å². The van der Waals surface area contributed by atoms with Gasteiger partial charge in [0.2, 0.25) is 0 Å². The maximum atomic E-state index is 10.1. The van der Waals surface area contributed by atoms with Crippen LogP contribution in [0.15, 0.2) is 6.33 Å². The summed E-state index contributed by atoms with van der Waals surface area (Å²) in [4.78, 5) is 23.1. The Morgan fingerprint density at radius 3 is 3.14 bits per heavy atom. The second-order valence-corrected chi connectivity index (χ2v) is 2.77. The van der Waals surface area contributed by atoms with E-state index >= 15 is 0 Å². The largest absolute Gasteiger partial charge is 0.341 e. The third-order valence-electron chi connectivity index (χ3n) is 1.50. The van der Waals surface area contributed by atoms with Crippen molar-refractivity contribution in [1.29, 1.82) is 0 Å². The zero-order chi connectivity index (χ0) is 10.1. The summed E-state index contributed by atoms with van der Waals surface area (Å²) in [5.74, 6) is -0.0420. The van der Waals surface area contributed by atoms with E-state index in [-0.39, 0.29) is 10.6 Å². The van der Waals surface area contributed by atoms with Crippen molar-refractivity contribution in [3.8, 4) is 0 Å². The van der Waals surface area contributed by atoms with Gasteiger partial charge < -0.3 is 9.97 Å². The number of aromatic nitrogens is 4. The van der Waals surface area contributed by atoms with Gasteiger partial charge in [-0.05, 0) is 0 Å². The molecular formula is C5H4N6O2S. The van der Waals surface area contributed by atoms with Gasteiger partial charge in [0.25, 0.3) is 5.95 Å². The predicted octanol–water partition coefficient (Wildman–Crippen LogP) is 0.619. The Kier molecular flexibility index (Phi) is 1.85. The van der Waals surface area contributed by atoms with Crippen molar-refractivity contribution in [3.05, 3.63) is 21.1 Å². The van der Waals surface area contributed by atoms with E-state index in [1.807, 2.05) is 5.43 Å². The number of H-pyrrole nitrogens is 2. The minimum absolute atomic E-state index is 0.0420. The molecule has 0 unspecified atom stereocenters. The van der Waals surface area contributed by atoms with E-state index in [4.69, 9.17) is 12.2 Å². The van der Waals surface area contributed by atoms with Gasteiger partial charge in [0.1, 0.15) is 5.52 Å². The second-order valence-electron chi connectivity index (χ2n) is 2.39. The number of imidazole rings is 1. The lowest BCUT2D eigenvalue weighted by Gasteiger charge is -1.95. The molecule has 0 amide bonds. The van der Waals surface area contributed by atoms with Crippen LogP contribution < -0.4 is 5.43 Å². The van der Waals surface area contributed by atoms with Crippen LogP contribution in [0, 0.1) is 14.8 Å². The van der Waals surface area contributed by atoms with Crippen molar-refractivity contribution in [2.45, 2.75) is 0 Å². The predicted molar refractivity (Wildman–Crippen MR) is 49.7 cm³/mol. The molecule has 8 nitrogen and oxygen atoms in total. The minimum Gasteiger partial charge on any atom is -0.341 e. The third kappa shape index (κ3) is 1.40. The summed E-state index contributed by atoms with van der Waals surface area (Å²) in [6.07, 6.45) is 1.43. The smallest absolute Gasteiger partial charge is 0.265 e. The minimum atomic E-state index is -0.730. The van der Waals surface area contributed by atoms with Crippen LogP contribution >= 0.6 is 12.2 Å². The maximum absolute atomic E-state index is 10.1. The average molecular weight is 212 g/mol. The number of nitrogens with zero attached hydrogens (tertiary/aromatic N) is 3. The van der Waals surface area contributed by atoms with Crippen LogP contribution in [-0.2, 0) is 0 Å². The molecule has 2 heterocycles. The van der Waals surface area contributed by atoms with Crippen molar-refractivity contribution in [2.75, 3.05) is 5.43 Å². The van der Waals surface area contributed by atoms with Gasteiger partial charge in [-0.2, -0.15) is 4.98 Å². The lowest BCUT2D eigenvalue weighted by Crippen LogP contribution is -2.11. The van der Waals surface area contributed by atoms with Gasteiger partial charge in [0.15, 0.2) is 15.3 Å². The number of hydrogen-bond acceptors (Lipinski definition) is 5. The Bertz CT molecular complexity index is 544. The lowest BCUT2D eigenvalue weighted by molar-refractivity contribution is -0.446. The van der Waals surface area contributed by atoms with Crippen molar-refractivity contribution in [1.82, 2.24) is 19.9 Å². The number of anilines is 1. The Morgan fingerprint density at radius 2 is 2.43 bits per heavy atom. The van der Waals surface area contributed by atoms with Gasteiger partial charge >= 0.3 is 0 Å². The van der Waals surface area contributed by atoms with Gasteiger partial charge in [-0.1, -0.05) is 17.6 Å². The highest BCUT2D eigenvalue weighted by molar-refractivity contribution is 7.71. The van der Waals surface area contributed by atoms with Crippen LogP contribution in [0.25, 0.3) is 11.2 Å². The van der Waals surface area contributed by atoms with E-state index in [0.717, 1.165) is 0 Å².